The molecule has 0 aliphatic carbocycles. The fourth-order valence-corrected chi connectivity index (χ4v) is 1.18. The molecule has 0 unspecified atom stereocenters. The van der Waals surface area contributed by atoms with Crippen molar-refractivity contribution in [2.75, 3.05) is 11.9 Å². The van der Waals surface area contributed by atoms with Crippen LogP contribution in [-0.4, -0.2) is 17.4 Å². The predicted molar refractivity (Wildman–Crippen MR) is 56.9 cm³/mol. The molecule has 0 spiro atoms. The Morgan fingerprint density at radius 1 is 1.64 bits per heavy atom. The number of aromatic nitrogens is 1. The molecule has 0 bridgehead atoms. The van der Waals surface area contributed by atoms with E-state index in [-0.39, 0.29) is 5.91 Å². The third-order valence-corrected chi connectivity index (χ3v) is 2.24. The topological polar surface area (TPSA) is 70.9 Å². The first-order valence-electron chi connectivity index (χ1n) is 4.70. The Kier molecular flexibility index (Phi) is 3.30. The molecule has 0 radical (unpaired) electrons. The number of H-pyrrole nitrogens is 1. The van der Waals surface area contributed by atoms with Gasteiger partial charge >= 0.3 is 0 Å². The quantitative estimate of drug-likeness (QED) is 0.678. The molecule has 78 valence electrons. The molecular weight excluding hydrogens is 178 g/mol. The summed E-state index contributed by atoms with van der Waals surface area (Å²) in [5, 5.41) is 2.82. The van der Waals surface area contributed by atoms with Crippen molar-refractivity contribution in [3.63, 3.8) is 0 Å². The van der Waals surface area contributed by atoms with Crippen LogP contribution in [0.5, 0.6) is 0 Å². The van der Waals surface area contributed by atoms with Gasteiger partial charge in [-0.05, 0) is 19.0 Å². The zero-order valence-electron chi connectivity index (χ0n) is 8.63. The Balaban J connectivity index is 2.57. The Labute approximate surface area is 83.9 Å². The van der Waals surface area contributed by atoms with Gasteiger partial charge in [-0.25, -0.2) is 0 Å². The molecule has 0 atom stereocenters. The largest absolute Gasteiger partial charge is 0.366 e. The zero-order chi connectivity index (χ0) is 10.6. The minimum atomic E-state index is -0.411. The second-order valence-corrected chi connectivity index (χ2v) is 3.98. The Bertz CT molecular complexity index is 290. The standard InChI is InChI=1S/C10H17N3O/c1-10(2,4-5-11)9(14)13-8-3-6-12-7-8/h3,6-7,12H,4-5,11H2,1-2H3,(H,13,14). The third kappa shape index (κ3) is 2.60. The van der Waals surface area contributed by atoms with Crippen LogP contribution in [-0.2, 0) is 4.79 Å². The number of nitrogens with two attached hydrogens (primary N) is 1. The summed E-state index contributed by atoms with van der Waals surface area (Å²) in [6, 6.07) is 1.82. The molecule has 1 heterocycles. The van der Waals surface area contributed by atoms with Gasteiger partial charge in [-0.2, -0.15) is 0 Å². The number of carbonyl (C=O) groups excluding carboxylic acids is 1. The van der Waals surface area contributed by atoms with E-state index in [4.69, 9.17) is 5.73 Å². The second-order valence-electron chi connectivity index (χ2n) is 3.98. The summed E-state index contributed by atoms with van der Waals surface area (Å²) in [7, 11) is 0. The van der Waals surface area contributed by atoms with E-state index in [2.05, 4.69) is 10.3 Å². The summed E-state index contributed by atoms with van der Waals surface area (Å²) in [5.41, 5.74) is 5.82. The summed E-state index contributed by atoms with van der Waals surface area (Å²) < 4.78 is 0. The number of hydrogen-bond acceptors (Lipinski definition) is 2. The van der Waals surface area contributed by atoms with Crippen molar-refractivity contribution in [1.29, 1.82) is 0 Å². The minimum absolute atomic E-state index is 0.00236. The van der Waals surface area contributed by atoms with E-state index in [9.17, 15) is 4.79 Å². The van der Waals surface area contributed by atoms with Crippen LogP contribution in [0.25, 0.3) is 0 Å². The van der Waals surface area contributed by atoms with Crippen molar-refractivity contribution in [2.24, 2.45) is 11.1 Å². The minimum Gasteiger partial charge on any atom is -0.366 e. The summed E-state index contributed by atoms with van der Waals surface area (Å²) in [4.78, 5) is 14.6. The van der Waals surface area contributed by atoms with Crippen LogP contribution in [0.2, 0.25) is 0 Å². The van der Waals surface area contributed by atoms with Gasteiger partial charge in [0.2, 0.25) is 5.91 Å². The Morgan fingerprint density at radius 2 is 2.36 bits per heavy atom. The number of carbonyl (C=O) groups is 1. The maximum Gasteiger partial charge on any atom is 0.230 e. The van der Waals surface area contributed by atoms with Crippen molar-refractivity contribution in [3.05, 3.63) is 18.5 Å². The van der Waals surface area contributed by atoms with Gasteiger partial charge in [0.1, 0.15) is 0 Å². The third-order valence-electron chi connectivity index (χ3n) is 2.24. The molecule has 4 N–H and O–H groups in total. The number of nitrogens with one attached hydrogen (secondary N) is 2. The molecule has 0 fully saturated rings. The molecule has 1 amide bonds. The zero-order valence-corrected chi connectivity index (χ0v) is 8.63. The van der Waals surface area contributed by atoms with Crippen LogP contribution in [0.15, 0.2) is 18.5 Å². The first-order chi connectivity index (χ1) is 6.56. The van der Waals surface area contributed by atoms with Crippen molar-refractivity contribution in [2.45, 2.75) is 20.3 Å². The fourth-order valence-electron chi connectivity index (χ4n) is 1.18. The number of amides is 1. The SMILES string of the molecule is CC(C)(CCN)C(=O)Nc1cc[nH]c1. The highest BCUT2D eigenvalue weighted by molar-refractivity contribution is 5.94. The molecule has 4 heteroatoms. The summed E-state index contributed by atoms with van der Waals surface area (Å²) in [6.45, 7) is 4.30. The number of hydrogen-bond donors (Lipinski definition) is 3. The molecular formula is C10H17N3O. The van der Waals surface area contributed by atoms with Crippen LogP contribution >= 0.6 is 0 Å². The highest BCUT2D eigenvalue weighted by Crippen LogP contribution is 2.21. The maximum absolute atomic E-state index is 11.7. The summed E-state index contributed by atoms with van der Waals surface area (Å²) in [5.74, 6) is 0.00236. The van der Waals surface area contributed by atoms with Gasteiger partial charge in [0.05, 0.1) is 5.69 Å². The van der Waals surface area contributed by atoms with Gasteiger partial charge in [-0.3, -0.25) is 4.79 Å². The van der Waals surface area contributed by atoms with E-state index in [1.807, 2.05) is 19.9 Å². The lowest BCUT2D eigenvalue weighted by Crippen LogP contribution is -2.32. The first kappa shape index (κ1) is 10.8. The van der Waals surface area contributed by atoms with Crippen LogP contribution in [0.4, 0.5) is 5.69 Å². The van der Waals surface area contributed by atoms with Gasteiger partial charge < -0.3 is 16.0 Å². The van der Waals surface area contributed by atoms with Gasteiger partial charge in [0.25, 0.3) is 0 Å². The highest BCUT2D eigenvalue weighted by Gasteiger charge is 2.26. The summed E-state index contributed by atoms with van der Waals surface area (Å²) in [6.07, 6.45) is 4.20. The fraction of sp³-hybridized carbons (Fsp3) is 0.500. The van der Waals surface area contributed by atoms with Gasteiger partial charge in [0, 0.05) is 17.8 Å². The van der Waals surface area contributed by atoms with Crippen molar-refractivity contribution < 1.29 is 4.79 Å². The van der Waals surface area contributed by atoms with E-state index >= 15 is 0 Å². The predicted octanol–water partition coefficient (Wildman–Crippen LogP) is 1.33. The lowest BCUT2D eigenvalue weighted by molar-refractivity contribution is -0.124. The highest BCUT2D eigenvalue weighted by atomic mass is 16.2. The molecule has 0 saturated heterocycles. The Hall–Kier alpha value is -1.29. The smallest absolute Gasteiger partial charge is 0.230 e. The van der Waals surface area contributed by atoms with Crippen LogP contribution < -0.4 is 11.1 Å². The number of anilines is 1. The molecule has 14 heavy (non-hydrogen) atoms. The van der Waals surface area contributed by atoms with Crippen molar-refractivity contribution in [1.82, 2.24) is 4.98 Å². The van der Waals surface area contributed by atoms with Crippen LogP contribution in [0.3, 0.4) is 0 Å². The molecule has 1 rings (SSSR count). The van der Waals surface area contributed by atoms with E-state index in [0.29, 0.717) is 13.0 Å². The molecule has 0 aromatic carbocycles. The maximum atomic E-state index is 11.7. The molecule has 0 saturated carbocycles. The van der Waals surface area contributed by atoms with Gasteiger partial charge in [-0.15, -0.1) is 0 Å². The molecule has 0 aliphatic heterocycles. The number of rotatable bonds is 4. The van der Waals surface area contributed by atoms with Crippen molar-refractivity contribution in [3.8, 4) is 0 Å². The molecule has 1 aromatic rings. The van der Waals surface area contributed by atoms with E-state index in [1.54, 1.807) is 12.4 Å². The van der Waals surface area contributed by atoms with E-state index in [0.717, 1.165) is 5.69 Å². The Morgan fingerprint density at radius 3 is 2.86 bits per heavy atom. The number of aromatic amines is 1. The van der Waals surface area contributed by atoms with Crippen LogP contribution in [0, 0.1) is 5.41 Å². The molecule has 0 aliphatic rings. The average Bonchev–Trinajstić information content (AvgIpc) is 2.56. The monoisotopic (exact) mass is 195 g/mol. The van der Waals surface area contributed by atoms with Gasteiger partial charge in [0.15, 0.2) is 0 Å². The van der Waals surface area contributed by atoms with E-state index in [1.165, 1.54) is 0 Å². The lowest BCUT2D eigenvalue weighted by Gasteiger charge is -2.22. The first-order valence-corrected chi connectivity index (χ1v) is 4.70. The van der Waals surface area contributed by atoms with Gasteiger partial charge in [-0.1, -0.05) is 13.8 Å². The second kappa shape index (κ2) is 4.28. The summed E-state index contributed by atoms with van der Waals surface area (Å²) >= 11 is 0. The average molecular weight is 195 g/mol. The normalized spacial score (nSPS) is 11.4. The van der Waals surface area contributed by atoms with Crippen molar-refractivity contribution >= 4 is 11.6 Å². The molecule has 4 nitrogen and oxygen atoms in total. The van der Waals surface area contributed by atoms with Crippen LogP contribution in [0.1, 0.15) is 20.3 Å². The molecule has 1 aromatic heterocycles. The van der Waals surface area contributed by atoms with E-state index < -0.39 is 5.41 Å². The lowest BCUT2D eigenvalue weighted by atomic mass is 9.88.